The van der Waals surface area contributed by atoms with Crippen LogP contribution in [0.2, 0.25) is 0 Å². The summed E-state index contributed by atoms with van der Waals surface area (Å²) in [7, 11) is 2.02. The Labute approximate surface area is 120 Å². The lowest BCUT2D eigenvalue weighted by Crippen LogP contribution is -2.33. The first-order valence-electron chi connectivity index (χ1n) is 7.47. The van der Waals surface area contributed by atoms with E-state index in [1.165, 1.54) is 23.8 Å². The molecule has 106 valence electrons. The predicted octanol–water partition coefficient (Wildman–Crippen LogP) is 3.31. The number of nitrogens with zero attached hydrogens (tertiary/aromatic N) is 1. The number of fused-ring (bicyclic) bond motifs is 1. The van der Waals surface area contributed by atoms with Gasteiger partial charge >= 0.3 is 0 Å². The lowest BCUT2D eigenvalue weighted by atomic mass is 9.94. The van der Waals surface area contributed by atoms with Gasteiger partial charge in [-0.25, -0.2) is 0 Å². The average Bonchev–Trinajstić information content (AvgIpc) is 3.32. The van der Waals surface area contributed by atoms with Crippen LogP contribution in [0.3, 0.4) is 0 Å². The topological polar surface area (TPSA) is 34.1 Å². The fourth-order valence-corrected chi connectivity index (χ4v) is 3.02. The second-order valence-corrected chi connectivity index (χ2v) is 5.44. The van der Waals surface area contributed by atoms with Crippen LogP contribution >= 0.6 is 0 Å². The summed E-state index contributed by atoms with van der Waals surface area (Å²) in [4.78, 5) is 4.46. The molecule has 1 fully saturated rings. The van der Waals surface area contributed by atoms with E-state index in [0.717, 1.165) is 12.1 Å². The summed E-state index contributed by atoms with van der Waals surface area (Å²) < 4.78 is 6.04. The van der Waals surface area contributed by atoms with Crippen molar-refractivity contribution in [1.82, 2.24) is 10.3 Å². The lowest BCUT2D eigenvalue weighted by Gasteiger charge is -2.28. The molecule has 3 heteroatoms. The fourth-order valence-electron chi connectivity index (χ4n) is 3.02. The Morgan fingerprint density at radius 3 is 2.85 bits per heavy atom. The van der Waals surface area contributed by atoms with E-state index in [2.05, 4.69) is 41.5 Å². The summed E-state index contributed by atoms with van der Waals surface area (Å²) in [5, 5.41) is 4.69. The molecule has 3 rings (SSSR count). The third-order valence-electron chi connectivity index (χ3n) is 4.10. The molecule has 2 aromatic rings. The molecular formula is C17H22N2O. The standard InChI is InChI=1S/C17H22N2O/c1-3-20-17(12-9-10-12)16(18-2)14-6-4-8-15-13(14)7-5-11-19-15/h4-8,11-12,16-18H,3,9-10H2,1-2H3. The first-order chi connectivity index (χ1) is 9.85. The van der Waals surface area contributed by atoms with Crippen molar-refractivity contribution in [2.24, 2.45) is 5.92 Å². The van der Waals surface area contributed by atoms with E-state index in [0.29, 0.717) is 5.92 Å². The molecule has 1 aromatic heterocycles. The molecule has 1 N–H and O–H groups in total. The van der Waals surface area contributed by atoms with Crippen LogP contribution in [-0.4, -0.2) is 24.7 Å². The smallest absolute Gasteiger partial charge is 0.0797 e. The van der Waals surface area contributed by atoms with Crippen molar-refractivity contribution in [2.75, 3.05) is 13.7 Å². The molecule has 20 heavy (non-hydrogen) atoms. The zero-order chi connectivity index (χ0) is 13.9. The van der Waals surface area contributed by atoms with Crippen LogP contribution in [0.5, 0.6) is 0 Å². The first-order valence-corrected chi connectivity index (χ1v) is 7.47. The van der Waals surface area contributed by atoms with Gasteiger partial charge in [0, 0.05) is 18.2 Å². The lowest BCUT2D eigenvalue weighted by molar-refractivity contribution is 0.0208. The Hall–Kier alpha value is -1.45. The maximum absolute atomic E-state index is 6.04. The highest BCUT2D eigenvalue weighted by Crippen LogP contribution is 2.41. The van der Waals surface area contributed by atoms with Gasteiger partial charge in [-0.15, -0.1) is 0 Å². The van der Waals surface area contributed by atoms with Crippen LogP contribution in [0.25, 0.3) is 10.9 Å². The van der Waals surface area contributed by atoms with Crippen LogP contribution in [0.15, 0.2) is 36.5 Å². The van der Waals surface area contributed by atoms with Gasteiger partial charge in [0.15, 0.2) is 0 Å². The van der Waals surface area contributed by atoms with Gasteiger partial charge in [0.2, 0.25) is 0 Å². The van der Waals surface area contributed by atoms with E-state index in [-0.39, 0.29) is 12.1 Å². The summed E-state index contributed by atoms with van der Waals surface area (Å²) in [5.41, 5.74) is 2.35. The predicted molar refractivity (Wildman–Crippen MR) is 81.7 cm³/mol. The molecule has 1 aliphatic rings. The highest BCUT2D eigenvalue weighted by Gasteiger charge is 2.37. The molecule has 3 nitrogen and oxygen atoms in total. The highest BCUT2D eigenvalue weighted by atomic mass is 16.5. The van der Waals surface area contributed by atoms with Gasteiger partial charge in [-0.1, -0.05) is 18.2 Å². The van der Waals surface area contributed by atoms with Gasteiger partial charge < -0.3 is 10.1 Å². The summed E-state index contributed by atoms with van der Waals surface area (Å²) in [6.45, 7) is 2.84. The molecule has 2 unspecified atom stereocenters. The van der Waals surface area contributed by atoms with Crippen LogP contribution in [0, 0.1) is 5.92 Å². The number of hydrogen-bond donors (Lipinski definition) is 1. The third-order valence-corrected chi connectivity index (χ3v) is 4.10. The Morgan fingerprint density at radius 1 is 1.30 bits per heavy atom. The van der Waals surface area contributed by atoms with Crippen molar-refractivity contribution in [2.45, 2.75) is 31.9 Å². The normalized spacial score (nSPS) is 18.1. The number of hydrogen-bond acceptors (Lipinski definition) is 3. The summed E-state index contributed by atoms with van der Waals surface area (Å²) >= 11 is 0. The average molecular weight is 270 g/mol. The minimum Gasteiger partial charge on any atom is -0.376 e. The van der Waals surface area contributed by atoms with Gasteiger partial charge in [0.05, 0.1) is 17.7 Å². The second-order valence-electron chi connectivity index (χ2n) is 5.44. The SMILES string of the molecule is CCOC(C1CC1)C(NC)c1cccc2ncccc12. The van der Waals surface area contributed by atoms with E-state index in [1.807, 2.05) is 19.3 Å². The van der Waals surface area contributed by atoms with Gasteiger partial charge in [0.25, 0.3) is 0 Å². The maximum atomic E-state index is 6.04. The van der Waals surface area contributed by atoms with E-state index >= 15 is 0 Å². The minimum absolute atomic E-state index is 0.232. The second kappa shape index (κ2) is 5.90. The van der Waals surface area contributed by atoms with Crippen molar-refractivity contribution in [3.63, 3.8) is 0 Å². The Balaban J connectivity index is 2.01. The fraction of sp³-hybridized carbons (Fsp3) is 0.471. The molecular weight excluding hydrogens is 248 g/mol. The van der Waals surface area contributed by atoms with Crippen molar-refractivity contribution in [1.29, 1.82) is 0 Å². The van der Waals surface area contributed by atoms with Gasteiger partial charge in [-0.2, -0.15) is 0 Å². The summed E-state index contributed by atoms with van der Waals surface area (Å²) in [6.07, 6.45) is 4.68. The van der Waals surface area contributed by atoms with Crippen LogP contribution in [0.4, 0.5) is 0 Å². The number of likely N-dealkylation sites (N-methyl/N-ethyl adjacent to an activating group) is 1. The van der Waals surface area contributed by atoms with Crippen molar-refractivity contribution >= 4 is 10.9 Å². The van der Waals surface area contributed by atoms with E-state index in [9.17, 15) is 0 Å². The number of nitrogens with one attached hydrogen (secondary N) is 1. The molecule has 1 aromatic carbocycles. The number of benzene rings is 1. The Morgan fingerprint density at radius 2 is 2.15 bits per heavy atom. The molecule has 0 radical (unpaired) electrons. The van der Waals surface area contributed by atoms with Crippen LogP contribution in [-0.2, 0) is 4.74 Å². The van der Waals surface area contributed by atoms with Gasteiger partial charge in [-0.3, -0.25) is 4.98 Å². The molecule has 1 aliphatic carbocycles. The molecule has 0 saturated heterocycles. The number of rotatable bonds is 6. The molecule has 0 bridgehead atoms. The van der Waals surface area contributed by atoms with Crippen molar-refractivity contribution < 1.29 is 4.74 Å². The molecule has 1 heterocycles. The maximum Gasteiger partial charge on any atom is 0.0797 e. The zero-order valence-electron chi connectivity index (χ0n) is 12.2. The largest absolute Gasteiger partial charge is 0.376 e. The quantitative estimate of drug-likeness (QED) is 0.874. The van der Waals surface area contributed by atoms with Crippen molar-refractivity contribution in [3.8, 4) is 0 Å². The molecule has 0 aliphatic heterocycles. The number of aromatic nitrogens is 1. The van der Waals surface area contributed by atoms with Gasteiger partial charge in [0.1, 0.15) is 0 Å². The Bertz CT molecular complexity index is 575. The molecule has 0 spiro atoms. The number of ether oxygens (including phenoxy) is 1. The molecule has 2 atom stereocenters. The molecule has 0 amide bonds. The Kier molecular flexibility index (Phi) is 3.99. The molecule has 1 saturated carbocycles. The van der Waals surface area contributed by atoms with Gasteiger partial charge in [-0.05, 0) is 50.4 Å². The first kappa shape index (κ1) is 13.5. The number of pyridine rings is 1. The zero-order valence-corrected chi connectivity index (χ0v) is 12.2. The highest BCUT2D eigenvalue weighted by molar-refractivity contribution is 5.82. The van der Waals surface area contributed by atoms with Crippen LogP contribution < -0.4 is 5.32 Å². The minimum atomic E-state index is 0.232. The van der Waals surface area contributed by atoms with Crippen molar-refractivity contribution in [3.05, 3.63) is 42.1 Å². The monoisotopic (exact) mass is 270 g/mol. The summed E-state index contributed by atoms with van der Waals surface area (Å²) in [5.74, 6) is 0.694. The summed E-state index contributed by atoms with van der Waals surface area (Å²) in [6, 6.07) is 10.7. The third kappa shape index (κ3) is 2.56. The van der Waals surface area contributed by atoms with E-state index in [1.54, 1.807) is 0 Å². The van der Waals surface area contributed by atoms with E-state index in [4.69, 9.17) is 4.74 Å². The van der Waals surface area contributed by atoms with Crippen LogP contribution in [0.1, 0.15) is 31.4 Å². The van der Waals surface area contributed by atoms with E-state index < -0.39 is 0 Å².